The van der Waals surface area contributed by atoms with Crippen LogP contribution >= 0.6 is 11.6 Å². The molecule has 1 saturated carbocycles. The van der Waals surface area contributed by atoms with E-state index in [1.54, 1.807) is 24.3 Å². The predicted octanol–water partition coefficient (Wildman–Crippen LogP) is 4.33. The van der Waals surface area contributed by atoms with Crippen molar-refractivity contribution in [2.75, 3.05) is 4.90 Å². The molecule has 0 radical (unpaired) electrons. The molecule has 1 aliphatic rings. The number of nitrogens with zero attached hydrogens (tertiary/aromatic N) is 1. The number of halogens is 1. The number of hydrogen-bond acceptors (Lipinski definition) is 2. The topological polar surface area (TPSA) is 49.4 Å². The molecule has 0 saturated heterocycles. The van der Waals surface area contributed by atoms with Crippen molar-refractivity contribution < 1.29 is 9.59 Å². The highest BCUT2D eigenvalue weighted by atomic mass is 35.5. The Balaban J connectivity index is 1.96. The van der Waals surface area contributed by atoms with Gasteiger partial charge in [0.1, 0.15) is 5.54 Å². The fourth-order valence-electron chi connectivity index (χ4n) is 3.87. The zero-order valence-corrected chi connectivity index (χ0v) is 16.4. The largest absolute Gasteiger partial charge is 0.350 e. The first-order valence-electron chi connectivity index (χ1n) is 9.45. The fraction of sp³-hybridized carbons (Fsp3) is 0.304. The molecule has 4 nitrogen and oxygen atoms in total. The molecular formula is C23H23ClN2O2. The Bertz CT molecular complexity index is 883. The number of hydrogen-bond donors (Lipinski definition) is 1. The first-order valence-corrected chi connectivity index (χ1v) is 9.83. The van der Waals surface area contributed by atoms with Crippen LogP contribution in [0.1, 0.15) is 37.7 Å². The minimum absolute atomic E-state index is 0.181. The van der Waals surface area contributed by atoms with E-state index in [0.717, 1.165) is 24.8 Å². The van der Waals surface area contributed by atoms with Crippen LogP contribution in [-0.4, -0.2) is 17.4 Å². The van der Waals surface area contributed by atoms with Gasteiger partial charge in [-0.2, -0.15) is 0 Å². The third-order valence-electron chi connectivity index (χ3n) is 5.22. The molecule has 1 fully saturated rings. The van der Waals surface area contributed by atoms with Gasteiger partial charge in [-0.1, -0.05) is 67.3 Å². The minimum atomic E-state index is -1.01. The third kappa shape index (κ3) is 4.21. The van der Waals surface area contributed by atoms with Crippen LogP contribution in [0, 0.1) is 12.3 Å². The number of amides is 2. The van der Waals surface area contributed by atoms with E-state index >= 15 is 0 Å². The summed E-state index contributed by atoms with van der Waals surface area (Å²) in [7, 11) is 0. The summed E-state index contributed by atoms with van der Waals surface area (Å²) in [5.74, 6) is 1.49. The van der Waals surface area contributed by atoms with Crippen LogP contribution in [0.15, 0.2) is 54.6 Å². The molecule has 2 amide bonds. The number of anilines is 1. The maximum atomic E-state index is 13.4. The molecule has 3 rings (SSSR count). The second kappa shape index (κ2) is 8.95. The maximum Gasteiger partial charge on any atom is 0.303 e. The Morgan fingerprint density at radius 3 is 2.43 bits per heavy atom. The molecule has 0 unspecified atom stereocenters. The van der Waals surface area contributed by atoms with Gasteiger partial charge in [-0.05, 0) is 42.5 Å². The average molecular weight is 395 g/mol. The Hall–Kier alpha value is -2.77. The normalized spacial score (nSPS) is 15.3. The Kier molecular flexibility index (Phi) is 6.38. The second-order valence-corrected chi connectivity index (χ2v) is 7.46. The summed E-state index contributed by atoms with van der Waals surface area (Å²) in [5, 5.41) is 3.51. The van der Waals surface area contributed by atoms with Crippen molar-refractivity contribution in [1.82, 2.24) is 5.32 Å². The van der Waals surface area contributed by atoms with Gasteiger partial charge in [0.2, 0.25) is 5.91 Å². The average Bonchev–Trinajstić information content (AvgIpc) is 2.73. The summed E-state index contributed by atoms with van der Waals surface area (Å²) in [4.78, 5) is 27.7. The number of carbonyl (C=O) groups excluding carboxylic acids is 2. The van der Waals surface area contributed by atoms with Gasteiger partial charge in [-0.15, -0.1) is 6.42 Å². The highest BCUT2D eigenvalue weighted by Gasteiger charge is 2.47. The maximum absolute atomic E-state index is 13.4. The van der Waals surface area contributed by atoms with E-state index < -0.39 is 11.4 Å². The van der Waals surface area contributed by atoms with E-state index in [0.29, 0.717) is 30.1 Å². The first kappa shape index (κ1) is 20.0. The zero-order chi connectivity index (χ0) is 20.0. The van der Waals surface area contributed by atoms with Crippen LogP contribution in [-0.2, 0) is 16.1 Å². The van der Waals surface area contributed by atoms with Crippen molar-refractivity contribution in [3.8, 4) is 12.3 Å². The lowest BCUT2D eigenvalue weighted by Gasteiger charge is -2.44. The van der Waals surface area contributed by atoms with E-state index in [2.05, 4.69) is 11.2 Å². The molecule has 144 valence electrons. The number of benzene rings is 2. The lowest BCUT2D eigenvalue weighted by Crippen LogP contribution is -2.61. The lowest BCUT2D eigenvalue weighted by molar-refractivity contribution is -0.130. The minimum Gasteiger partial charge on any atom is -0.350 e. The van der Waals surface area contributed by atoms with Crippen molar-refractivity contribution in [3.63, 3.8) is 0 Å². The van der Waals surface area contributed by atoms with E-state index in [1.807, 2.05) is 30.3 Å². The molecule has 0 heterocycles. The van der Waals surface area contributed by atoms with Gasteiger partial charge < -0.3 is 5.32 Å². The molecule has 1 aliphatic carbocycles. The number of nitrogens with one attached hydrogen (secondary N) is 1. The van der Waals surface area contributed by atoms with E-state index in [9.17, 15) is 9.59 Å². The SMILES string of the molecule is C#CC(=O)N(c1cccc(Cl)c1)C1(C(=O)NCc2ccccc2)CCCCC1. The fourth-order valence-corrected chi connectivity index (χ4v) is 4.05. The second-order valence-electron chi connectivity index (χ2n) is 7.03. The zero-order valence-electron chi connectivity index (χ0n) is 15.7. The van der Waals surface area contributed by atoms with Gasteiger partial charge in [0.25, 0.3) is 0 Å². The summed E-state index contributed by atoms with van der Waals surface area (Å²) in [5.41, 5.74) is 0.535. The molecule has 2 aromatic carbocycles. The number of carbonyl (C=O) groups is 2. The van der Waals surface area contributed by atoms with Crippen LogP contribution < -0.4 is 10.2 Å². The summed E-state index contributed by atoms with van der Waals surface area (Å²) < 4.78 is 0. The van der Waals surface area contributed by atoms with Gasteiger partial charge in [0.05, 0.1) is 0 Å². The Morgan fingerprint density at radius 1 is 1.07 bits per heavy atom. The summed E-state index contributed by atoms with van der Waals surface area (Å²) in [6.45, 7) is 0.398. The van der Waals surface area contributed by atoms with Crippen LogP contribution in [0.2, 0.25) is 5.02 Å². The summed E-state index contributed by atoms with van der Waals surface area (Å²) in [6, 6.07) is 16.6. The molecule has 0 spiro atoms. The Labute approximate surface area is 170 Å². The van der Waals surface area contributed by atoms with E-state index in [1.165, 1.54) is 4.90 Å². The van der Waals surface area contributed by atoms with Crippen molar-refractivity contribution >= 4 is 29.1 Å². The van der Waals surface area contributed by atoms with Crippen molar-refractivity contribution in [2.24, 2.45) is 0 Å². The molecular weight excluding hydrogens is 372 g/mol. The van der Waals surface area contributed by atoms with Crippen LogP contribution in [0.5, 0.6) is 0 Å². The van der Waals surface area contributed by atoms with E-state index in [4.69, 9.17) is 18.0 Å². The van der Waals surface area contributed by atoms with Crippen LogP contribution in [0.3, 0.4) is 0 Å². The molecule has 2 aromatic rings. The Morgan fingerprint density at radius 2 is 1.79 bits per heavy atom. The highest BCUT2D eigenvalue weighted by Crippen LogP contribution is 2.38. The van der Waals surface area contributed by atoms with Gasteiger partial charge in [0, 0.05) is 17.3 Å². The van der Waals surface area contributed by atoms with Gasteiger partial charge in [-0.25, -0.2) is 0 Å². The van der Waals surface area contributed by atoms with Crippen molar-refractivity contribution in [3.05, 3.63) is 65.2 Å². The van der Waals surface area contributed by atoms with Gasteiger partial charge in [-0.3, -0.25) is 14.5 Å². The van der Waals surface area contributed by atoms with Crippen LogP contribution in [0.4, 0.5) is 5.69 Å². The number of rotatable bonds is 5. The van der Waals surface area contributed by atoms with E-state index in [-0.39, 0.29) is 5.91 Å². The third-order valence-corrected chi connectivity index (χ3v) is 5.46. The molecule has 28 heavy (non-hydrogen) atoms. The van der Waals surface area contributed by atoms with Gasteiger partial charge >= 0.3 is 5.91 Å². The van der Waals surface area contributed by atoms with Crippen molar-refractivity contribution in [2.45, 2.75) is 44.2 Å². The monoisotopic (exact) mass is 394 g/mol. The predicted molar refractivity (Wildman–Crippen MR) is 112 cm³/mol. The smallest absolute Gasteiger partial charge is 0.303 e. The first-order chi connectivity index (χ1) is 13.6. The van der Waals surface area contributed by atoms with Crippen LogP contribution in [0.25, 0.3) is 0 Å². The molecule has 0 bridgehead atoms. The van der Waals surface area contributed by atoms with Gasteiger partial charge in [0.15, 0.2) is 0 Å². The molecule has 0 aliphatic heterocycles. The molecule has 1 N–H and O–H groups in total. The summed E-state index contributed by atoms with van der Waals surface area (Å²) >= 11 is 6.15. The summed E-state index contributed by atoms with van der Waals surface area (Å²) in [6.07, 6.45) is 9.34. The van der Waals surface area contributed by atoms with Crippen molar-refractivity contribution in [1.29, 1.82) is 0 Å². The highest BCUT2D eigenvalue weighted by molar-refractivity contribution is 6.31. The quantitative estimate of drug-likeness (QED) is 0.767. The molecule has 0 atom stereocenters. The molecule has 5 heteroatoms. The standard InChI is InChI=1S/C23H23ClN2O2/c1-2-21(27)26(20-13-9-12-19(24)16-20)23(14-7-4-8-15-23)22(28)25-17-18-10-5-3-6-11-18/h1,3,5-6,9-13,16H,4,7-8,14-15,17H2,(H,25,28). The lowest BCUT2D eigenvalue weighted by atomic mass is 9.78. The number of terminal acetylenes is 1. The molecule has 0 aromatic heterocycles.